The van der Waals surface area contributed by atoms with Crippen LogP contribution in [0.5, 0.6) is 0 Å². The van der Waals surface area contributed by atoms with E-state index in [4.69, 9.17) is 5.73 Å². The van der Waals surface area contributed by atoms with Gasteiger partial charge in [0.15, 0.2) is 0 Å². The molecule has 0 aliphatic carbocycles. The first kappa shape index (κ1) is 14.0. The van der Waals surface area contributed by atoms with Gasteiger partial charge in [0.05, 0.1) is 14.6 Å². The van der Waals surface area contributed by atoms with Crippen molar-refractivity contribution in [3.63, 3.8) is 0 Å². The van der Waals surface area contributed by atoms with Gasteiger partial charge in [-0.15, -0.1) is 0 Å². The van der Waals surface area contributed by atoms with Gasteiger partial charge in [-0.25, -0.2) is 9.37 Å². The first-order valence-corrected chi connectivity index (χ1v) is 6.86. The zero-order valence-corrected chi connectivity index (χ0v) is 12.7. The van der Waals surface area contributed by atoms with Crippen molar-refractivity contribution in [1.82, 2.24) is 14.9 Å². The Bertz CT molecular complexity index is 638. The van der Waals surface area contributed by atoms with Gasteiger partial charge in [0, 0.05) is 12.1 Å². The van der Waals surface area contributed by atoms with E-state index in [0.717, 1.165) is 0 Å². The molecular formula is C12H14FIN4O. The molecule has 0 aliphatic rings. The fourth-order valence-corrected chi connectivity index (χ4v) is 2.27. The number of nitrogens with zero attached hydrogens (tertiary/aromatic N) is 2. The summed E-state index contributed by atoms with van der Waals surface area (Å²) < 4.78 is 15.6. The molecule has 0 unspecified atom stereocenters. The quantitative estimate of drug-likeness (QED) is 0.804. The Hall–Kier alpha value is -1.38. The molecule has 0 aliphatic heterocycles. The number of amides is 1. The molecule has 1 aromatic heterocycles. The van der Waals surface area contributed by atoms with Gasteiger partial charge in [0.1, 0.15) is 12.4 Å². The Balaban J connectivity index is 2.40. The van der Waals surface area contributed by atoms with E-state index in [0.29, 0.717) is 14.6 Å². The smallest absolute Gasteiger partial charge is 0.240 e. The number of nitrogens with two attached hydrogens (primary N) is 1. The molecule has 7 heteroatoms. The number of hydrogen-bond acceptors (Lipinski definition) is 3. The molecule has 2 rings (SSSR count). The van der Waals surface area contributed by atoms with Gasteiger partial charge in [-0.05, 0) is 42.5 Å². The van der Waals surface area contributed by atoms with Crippen molar-refractivity contribution in [3.05, 3.63) is 21.5 Å². The van der Waals surface area contributed by atoms with Crippen molar-refractivity contribution in [3.8, 4) is 0 Å². The molecule has 1 amide bonds. The second kappa shape index (κ2) is 5.32. The standard InChI is InChI=1S/C12H14FIN4O/c1-6(2)16-11(19)5-18-10-3-7(13)8(14)4-9(10)17-12(18)15/h3-4,6H,5H2,1-2H3,(H2,15,17)(H,16,19). The number of nitrogens with one attached hydrogen (secondary N) is 1. The van der Waals surface area contributed by atoms with Gasteiger partial charge in [-0.3, -0.25) is 4.79 Å². The Labute approximate surface area is 123 Å². The van der Waals surface area contributed by atoms with Crippen molar-refractivity contribution in [2.45, 2.75) is 26.4 Å². The lowest BCUT2D eigenvalue weighted by Crippen LogP contribution is -2.33. The molecule has 0 fully saturated rings. The number of carbonyl (C=O) groups is 1. The molecule has 0 radical (unpaired) electrons. The highest BCUT2D eigenvalue weighted by atomic mass is 127. The number of hydrogen-bond donors (Lipinski definition) is 2. The van der Waals surface area contributed by atoms with Crippen LogP contribution in [0, 0.1) is 9.39 Å². The average molecular weight is 376 g/mol. The summed E-state index contributed by atoms with van der Waals surface area (Å²) in [6.45, 7) is 3.77. The van der Waals surface area contributed by atoms with Gasteiger partial charge in [-0.2, -0.15) is 0 Å². The Kier molecular flexibility index (Phi) is 3.93. The summed E-state index contributed by atoms with van der Waals surface area (Å²) in [6, 6.07) is 3.00. The fraction of sp³-hybridized carbons (Fsp3) is 0.333. The van der Waals surface area contributed by atoms with Crippen LogP contribution in [0.25, 0.3) is 11.0 Å². The van der Waals surface area contributed by atoms with Gasteiger partial charge in [0.2, 0.25) is 11.9 Å². The molecule has 3 N–H and O–H groups in total. The number of carbonyl (C=O) groups excluding carboxylic acids is 1. The minimum atomic E-state index is -0.349. The van der Waals surface area contributed by atoms with E-state index in [-0.39, 0.29) is 30.3 Å². The summed E-state index contributed by atoms with van der Waals surface area (Å²) in [5.41, 5.74) is 6.89. The lowest BCUT2D eigenvalue weighted by molar-refractivity contribution is -0.122. The van der Waals surface area contributed by atoms with E-state index in [9.17, 15) is 9.18 Å². The number of halogens is 2. The normalized spacial score (nSPS) is 11.2. The minimum Gasteiger partial charge on any atom is -0.369 e. The van der Waals surface area contributed by atoms with Crippen molar-refractivity contribution in [2.75, 3.05) is 5.73 Å². The largest absolute Gasteiger partial charge is 0.369 e. The minimum absolute atomic E-state index is 0.0283. The summed E-state index contributed by atoms with van der Waals surface area (Å²) in [7, 11) is 0. The molecule has 0 saturated carbocycles. The van der Waals surface area contributed by atoms with E-state index >= 15 is 0 Å². The molecule has 5 nitrogen and oxygen atoms in total. The second-order valence-corrected chi connectivity index (χ2v) is 5.70. The van der Waals surface area contributed by atoms with Crippen LogP contribution in [-0.2, 0) is 11.3 Å². The third-order valence-electron chi connectivity index (χ3n) is 2.57. The van der Waals surface area contributed by atoms with Crippen molar-refractivity contribution < 1.29 is 9.18 Å². The van der Waals surface area contributed by atoms with Crippen LogP contribution in [0.3, 0.4) is 0 Å². The number of anilines is 1. The zero-order chi connectivity index (χ0) is 14.2. The van der Waals surface area contributed by atoms with Crippen LogP contribution < -0.4 is 11.1 Å². The van der Waals surface area contributed by atoms with Gasteiger partial charge < -0.3 is 15.6 Å². The first-order valence-electron chi connectivity index (χ1n) is 5.78. The Morgan fingerprint density at radius 2 is 2.26 bits per heavy atom. The number of fused-ring (bicyclic) bond motifs is 1. The van der Waals surface area contributed by atoms with Gasteiger partial charge in [0.25, 0.3) is 0 Å². The van der Waals surface area contributed by atoms with E-state index in [1.165, 1.54) is 10.6 Å². The van der Waals surface area contributed by atoms with Crippen LogP contribution in [-0.4, -0.2) is 21.5 Å². The highest BCUT2D eigenvalue weighted by Crippen LogP contribution is 2.22. The molecule has 0 spiro atoms. The summed E-state index contributed by atoms with van der Waals surface area (Å²) in [5, 5.41) is 2.76. The molecule has 2 aromatic rings. The van der Waals surface area contributed by atoms with Crippen LogP contribution in [0.1, 0.15) is 13.8 Å². The number of rotatable bonds is 3. The Morgan fingerprint density at radius 3 is 2.89 bits per heavy atom. The summed E-state index contributed by atoms with van der Waals surface area (Å²) in [5.74, 6) is -0.325. The van der Waals surface area contributed by atoms with E-state index in [1.54, 1.807) is 6.07 Å². The monoisotopic (exact) mass is 376 g/mol. The molecule has 0 saturated heterocycles. The van der Waals surface area contributed by atoms with Crippen molar-refractivity contribution in [2.24, 2.45) is 0 Å². The number of imidazole rings is 1. The molecular weight excluding hydrogens is 362 g/mol. The number of nitrogen functional groups attached to an aromatic ring is 1. The SMILES string of the molecule is CC(C)NC(=O)Cn1c(N)nc2cc(I)c(F)cc21. The maximum atomic E-state index is 13.6. The lowest BCUT2D eigenvalue weighted by atomic mass is 10.3. The van der Waals surface area contributed by atoms with Crippen LogP contribution in [0.4, 0.5) is 10.3 Å². The van der Waals surface area contributed by atoms with Crippen molar-refractivity contribution in [1.29, 1.82) is 0 Å². The number of benzene rings is 1. The summed E-state index contributed by atoms with van der Waals surface area (Å²) in [4.78, 5) is 15.9. The van der Waals surface area contributed by atoms with Crippen LogP contribution >= 0.6 is 22.6 Å². The molecule has 1 aromatic carbocycles. The summed E-state index contributed by atoms with van der Waals surface area (Å²) >= 11 is 1.89. The highest BCUT2D eigenvalue weighted by Gasteiger charge is 2.14. The second-order valence-electron chi connectivity index (χ2n) is 4.53. The third kappa shape index (κ3) is 2.96. The number of aromatic nitrogens is 2. The summed E-state index contributed by atoms with van der Waals surface area (Å²) in [6.07, 6.45) is 0. The van der Waals surface area contributed by atoms with Crippen LogP contribution in [0.15, 0.2) is 12.1 Å². The zero-order valence-electron chi connectivity index (χ0n) is 10.6. The predicted molar refractivity (Wildman–Crippen MR) is 80.1 cm³/mol. The molecule has 0 bridgehead atoms. The van der Waals surface area contributed by atoms with Crippen molar-refractivity contribution >= 4 is 45.5 Å². The molecule has 1 heterocycles. The third-order valence-corrected chi connectivity index (χ3v) is 3.40. The van der Waals surface area contributed by atoms with Gasteiger partial charge >= 0.3 is 0 Å². The Morgan fingerprint density at radius 1 is 1.58 bits per heavy atom. The maximum absolute atomic E-state index is 13.6. The molecule has 0 atom stereocenters. The molecule has 102 valence electrons. The van der Waals surface area contributed by atoms with E-state index in [2.05, 4.69) is 10.3 Å². The van der Waals surface area contributed by atoms with E-state index in [1.807, 2.05) is 36.4 Å². The first-order chi connectivity index (χ1) is 8.88. The predicted octanol–water partition coefficient (Wildman–Crippen LogP) is 1.89. The fourth-order valence-electron chi connectivity index (χ4n) is 1.82. The lowest BCUT2D eigenvalue weighted by Gasteiger charge is -2.10. The van der Waals surface area contributed by atoms with Gasteiger partial charge in [-0.1, -0.05) is 0 Å². The topological polar surface area (TPSA) is 72.9 Å². The van der Waals surface area contributed by atoms with Crippen LogP contribution in [0.2, 0.25) is 0 Å². The molecule has 19 heavy (non-hydrogen) atoms. The average Bonchev–Trinajstić information content (AvgIpc) is 2.56. The highest BCUT2D eigenvalue weighted by molar-refractivity contribution is 14.1. The maximum Gasteiger partial charge on any atom is 0.240 e. The van der Waals surface area contributed by atoms with E-state index < -0.39 is 0 Å².